The molecule has 0 spiro atoms. The number of hydrogen-bond donors (Lipinski definition) is 2. The Morgan fingerprint density at radius 1 is 1.11 bits per heavy atom. The summed E-state index contributed by atoms with van der Waals surface area (Å²) in [6, 6.07) is -0.611. The normalized spacial score (nSPS) is 13.5. The lowest BCUT2D eigenvalue weighted by molar-refractivity contribution is -0.173. The topological polar surface area (TPSA) is 76.7 Å². The van der Waals surface area contributed by atoms with E-state index in [1.54, 1.807) is 26.1 Å². The highest BCUT2D eigenvalue weighted by molar-refractivity contribution is 7.80. The molecule has 6 nitrogen and oxygen atoms in total. The lowest BCUT2D eigenvalue weighted by Crippen LogP contribution is -2.46. The van der Waals surface area contributed by atoms with E-state index in [2.05, 4.69) is 5.32 Å². The van der Waals surface area contributed by atoms with Crippen LogP contribution in [0.1, 0.15) is 40.0 Å². The Kier molecular flexibility index (Phi) is 9.74. The maximum Gasteiger partial charge on any atom is 0.471 e. The molecule has 0 radical (unpaired) electrons. The van der Waals surface area contributed by atoms with Crippen LogP contribution < -0.4 is 10.6 Å². The zero-order chi connectivity index (χ0) is 21.5. The van der Waals surface area contributed by atoms with Crippen molar-refractivity contribution in [2.24, 2.45) is 0 Å². The van der Waals surface area contributed by atoms with Gasteiger partial charge in [0.2, 0.25) is 8.32 Å². The number of ether oxygens (including phenoxy) is 1. The zero-order valence-electron chi connectivity index (χ0n) is 16.6. The van der Waals surface area contributed by atoms with Gasteiger partial charge in [0.05, 0.1) is 6.04 Å². The maximum absolute atomic E-state index is 12.1. The molecule has 0 heterocycles. The van der Waals surface area contributed by atoms with Crippen molar-refractivity contribution in [3.8, 4) is 0 Å². The molecule has 0 bridgehead atoms. The van der Waals surface area contributed by atoms with Crippen LogP contribution in [0, 0.1) is 0 Å². The Bertz CT molecular complexity index is 531. The predicted octanol–water partition coefficient (Wildman–Crippen LogP) is 3.91. The summed E-state index contributed by atoms with van der Waals surface area (Å²) < 4.78 is 47.3. The van der Waals surface area contributed by atoms with Gasteiger partial charge < -0.3 is 19.8 Å². The molecule has 2 amide bonds. The lowest BCUT2D eigenvalue weighted by Gasteiger charge is -2.27. The fourth-order valence-corrected chi connectivity index (χ4v) is 3.52. The number of halogens is 3. The molecule has 0 aliphatic carbocycles. The van der Waals surface area contributed by atoms with Crippen LogP contribution in [0.5, 0.6) is 0 Å². The molecular weight excluding hydrogens is 401 g/mol. The number of hydrogen-bond acceptors (Lipinski definition) is 5. The number of rotatable bonds is 8. The summed E-state index contributed by atoms with van der Waals surface area (Å²) in [7, 11) is -1.99. The first-order valence-corrected chi connectivity index (χ1v) is 12.4. The summed E-state index contributed by atoms with van der Waals surface area (Å²) in [6.07, 6.45) is -4.48. The highest BCUT2D eigenvalue weighted by Gasteiger charge is 2.38. The van der Waals surface area contributed by atoms with Gasteiger partial charge in [-0.15, -0.1) is 0 Å². The van der Waals surface area contributed by atoms with Crippen molar-refractivity contribution in [2.75, 3.05) is 6.54 Å². The van der Waals surface area contributed by atoms with Crippen molar-refractivity contribution in [2.45, 2.75) is 77.5 Å². The third-order valence-electron chi connectivity index (χ3n) is 2.84. The van der Waals surface area contributed by atoms with Crippen LogP contribution in [0.4, 0.5) is 18.0 Å². The molecule has 2 N–H and O–H groups in total. The largest absolute Gasteiger partial charge is 0.538 e. The molecule has 0 aromatic carbocycles. The minimum absolute atomic E-state index is 0.126. The molecule has 0 fully saturated rings. The first-order chi connectivity index (χ1) is 12.0. The van der Waals surface area contributed by atoms with Gasteiger partial charge in [-0.05, 0) is 71.9 Å². The van der Waals surface area contributed by atoms with E-state index in [1.165, 1.54) is 0 Å². The smallest absolute Gasteiger partial charge is 0.471 e. The van der Waals surface area contributed by atoms with Crippen molar-refractivity contribution >= 4 is 37.6 Å². The maximum atomic E-state index is 12.1. The van der Waals surface area contributed by atoms with Crippen LogP contribution in [0.2, 0.25) is 19.6 Å². The summed E-state index contributed by atoms with van der Waals surface area (Å²) in [4.78, 5) is 22.8. The van der Waals surface area contributed by atoms with E-state index in [-0.39, 0.29) is 11.6 Å². The first kappa shape index (κ1) is 25.6. The molecular formula is C16H29F3N2O4SSi. The Balaban J connectivity index is 4.65. The highest BCUT2D eigenvalue weighted by Crippen LogP contribution is 2.15. The molecule has 158 valence electrons. The third-order valence-corrected chi connectivity index (χ3v) is 4.19. The molecule has 0 saturated carbocycles. The van der Waals surface area contributed by atoms with E-state index in [4.69, 9.17) is 21.4 Å². The molecule has 0 aliphatic rings. The van der Waals surface area contributed by atoms with E-state index in [1.807, 2.05) is 19.6 Å². The van der Waals surface area contributed by atoms with Gasteiger partial charge in [0.1, 0.15) is 5.60 Å². The van der Waals surface area contributed by atoms with E-state index in [0.29, 0.717) is 19.3 Å². The van der Waals surface area contributed by atoms with Gasteiger partial charge >= 0.3 is 18.2 Å². The molecule has 0 aromatic heterocycles. The van der Waals surface area contributed by atoms with Gasteiger partial charge in [-0.2, -0.15) is 13.2 Å². The Morgan fingerprint density at radius 2 is 1.67 bits per heavy atom. The average Bonchev–Trinajstić information content (AvgIpc) is 2.40. The zero-order valence-corrected chi connectivity index (χ0v) is 18.4. The Hall–Kier alpha value is -1.36. The fourth-order valence-electron chi connectivity index (χ4n) is 1.85. The van der Waals surface area contributed by atoms with Gasteiger partial charge in [0.25, 0.3) is 0 Å². The van der Waals surface area contributed by atoms with Crippen LogP contribution >= 0.6 is 12.2 Å². The fraction of sp³-hybridized carbons (Fsp3) is 0.812. The van der Waals surface area contributed by atoms with Gasteiger partial charge in [0, 0.05) is 6.54 Å². The molecule has 1 atom stereocenters. The molecule has 27 heavy (non-hydrogen) atoms. The van der Waals surface area contributed by atoms with Gasteiger partial charge in [-0.3, -0.25) is 4.79 Å². The molecule has 0 aromatic rings. The van der Waals surface area contributed by atoms with Gasteiger partial charge in [-0.1, -0.05) is 0 Å². The SMILES string of the molecule is CC(C)(C)OC(=O)NC(CCCCNC(=O)C(F)(F)F)C(=S)O[Si](C)(C)C. The molecule has 11 heteroatoms. The summed E-state index contributed by atoms with van der Waals surface area (Å²) in [5, 5.41) is 4.67. The minimum atomic E-state index is -4.90. The molecule has 0 saturated heterocycles. The van der Waals surface area contributed by atoms with E-state index in [9.17, 15) is 22.8 Å². The van der Waals surface area contributed by atoms with Crippen molar-refractivity contribution in [3.63, 3.8) is 0 Å². The standard InChI is InChI=1S/C16H29F3N2O4SSi/c1-15(2,3)24-14(23)21-11(12(26)25-27(4,5)6)9-7-8-10-20-13(22)16(17,18)19/h11H,7-10H2,1-6H3,(H,20,22)(H,21,23). The van der Waals surface area contributed by atoms with Crippen molar-refractivity contribution in [3.05, 3.63) is 0 Å². The molecule has 1 unspecified atom stereocenters. The molecule has 0 rings (SSSR count). The average molecular weight is 431 g/mol. The van der Waals surface area contributed by atoms with Crippen LogP contribution in [0.15, 0.2) is 0 Å². The third kappa shape index (κ3) is 13.5. The second-order valence-electron chi connectivity index (χ2n) is 7.98. The van der Waals surface area contributed by atoms with Crippen LogP contribution in [0.3, 0.4) is 0 Å². The monoisotopic (exact) mass is 430 g/mol. The van der Waals surface area contributed by atoms with E-state index >= 15 is 0 Å². The summed E-state index contributed by atoms with van der Waals surface area (Å²) in [5.41, 5.74) is -0.683. The number of alkyl halides is 3. The summed E-state index contributed by atoms with van der Waals surface area (Å²) in [5.74, 6) is -1.97. The quantitative estimate of drug-likeness (QED) is 0.347. The number of carbonyl (C=O) groups is 2. The highest BCUT2D eigenvalue weighted by atomic mass is 32.1. The van der Waals surface area contributed by atoms with E-state index in [0.717, 1.165) is 0 Å². The minimum Gasteiger partial charge on any atom is -0.538 e. The lowest BCUT2D eigenvalue weighted by atomic mass is 10.1. The van der Waals surface area contributed by atoms with Crippen molar-refractivity contribution in [1.82, 2.24) is 10.6 Å². The predicted molar refractivity (Wildman–Crippen MR) is 103 cm³/mol. The summed E-state index contributed by atoms with van der Waals surface area (Å²) >= 11 is 5.28. The van der Waals surface area contributed by atoms with E-state index < -0.39 is 38.1 Å². The number of unbranched alkanes of at least 4 members (excludes halogenated alkanes) is 1. The van der Waals surface area contributed by atoms with Gasteiger partial charge in [-0.25, -0.2) is 4.79 Å². The Labute approximate surface area is 164 Å². The van der Waals surface area contributed by atoms with Crippen LogP contribution in [-0.4, -0.2) is 49.7 Å². The van der Waals surface area contributed by atoms with Gasteiger partial charge in [0.15, 0.2) is 5.05 Å². The second kappa shape index (κ2) is 10.3. The Morgan fingerprint density at radius 3 is 2.11 bits per heavy atom. The molecule has 0 aliphatic heterocycles. The van der Waals surface area contributed by atoms with Crippen LogP contribution in [0.25, 0.3) is 0 Å². The first-order valence-electron chi connectivity index (χ1n) is 8.58. The number of thiocarbonyl (C=S) groups is 1. The number of amides is 2. The van der Waals surface area contributed by atoms with Crippen molar-refractivity contribution in [1.29, 1.82) is 0 Å². The van der Waals surface area contributed by atoms with Crippen LogP contribution in [-0.2, 0) is 14.0 Å². The van der Waals surface area contributed by atoms with Crippen molar-refractivity contribution < 1.29 is 31.9 Å². The second-order valence-corrected chi connectivity index (χ2v) is 12.8. The summed E-state index contributed by atoms with van der Waals surface area (Å²) in [6.45, 7) is 10.9. The number of carbonyl (C=O) groups excluding carboxylic acids is 2. The number of alkyl carbamates (subject to hydrolysis) is 1. The number of nitrogens with one attached hydrogen (secondary N) is 2.